The fraction of sp³-hybridized carbons (Fsp3) is 0. The van der Waals surface area contributed by atoms with Gasteiger partial charge in [-0.1, -0.05) is 0 Å². The van der Waals surface area contributed by atoms with Gasteiger partial charge in [0.2, 0.25) is 0 Å². The van der Waals surface area contributed by atoms with E-state index in [0.717, 1.165) is 11.7 Å². The number of anilines is 2. The number of fused-ring (bicyclic) bond motifs is 1. The van der Waals surface area contributed by atoms with E-state index in [1.165, 1.54) is 0 Å². The number of rotatable bonds is 0. The smallest absolute Gasteiger partial charge is 0.129 e. The minimum Gasteiger partial charge on any atom is -0.397 e. The largest absolute Gasteiger partial charge is 0.397 e. The highest BCUT2D eigenvalue weighted by Crippen LogP contribution is 2.23. The van der Waals surface area contributed by atoms with Gasteiger partial charge in [-0.15, -0.1) is 24.8 Å². The molecule has 0 atom stereocenters. The number of benzene rings is 1. The third-order valence-corrected chi connectivity index (χ3v) is 2.01. The first-order valence-electron chi connectivity index (χ1n) is 3.05. The fourth-order valence-electron chi connectivity index (χ4n) is 0.905. The minimum absolute atomic E-state index is 0. The molecule has 1 heterocycles. The van der Waals surface area contributed by atoms with Crippen molar-refractivity contribution in [3.8, 4) is 0 Å². The summed E-state index contributed by atoms with van der Waals surface area (Å²) in [4.78, 5) is 0. The highest BCUT2D eigenvalue weighted by molar-refractivity contribution is 7.00. The molecule has 0 bridgehead atoms. The van der Waals surface area contributed by atoms with Gasteiger partial charge < -0.3 is 11.5 Å². The van der Waals surface area contributed by atoms with Crippen molar-refractivity contribution in [3.63, 3.8) is 0 Å². The molecule has 0 fully saturated rings. The van der Waals surface area contributed by atoms with E-state index in [1.807, 2.05) is 0 Å². The van der Waals surface area contributed by atoms with Crippen LogP contribution in [0.25, 0.3) is 11.0 Å². The van der Waals surface area contributed by atoms with E-state index in [0.29, 0.717) is 22.4 Å². The van der Waals surface area contributed by atoms with Crippen LogP contribution in [0.4, 0.5) is 11.4 Å². The highest BCUT2D eigenvalue weighted by Gasteiger charge is 2.04. The van der Waals surface area contributed by atoms with Crippen LogP contribution in [0.3, 0.4) is 0 Å². The molecule has 0 saturated heterocycles. The third-order valence-electron chi connectivity index (χ3n) is 1.48. The summed E-state index contributed by atoms with van der Waals surface area (Å²) in [5, 5.41) is 0. The third kappa shape index (κ3) is 1.93. The zero-order chi connectivity index (χ0) is 7.84. The molecule has 2 rings (SSSR count). The molecule has 0 spiro atoms. The van der Waals surface area contributed by atoms with Crippen LogP contribution in [0.5, 0.6) is 0 Å². The molecule has 2 aromatic rings. The van der Waals surface area contributed by atoms with Crippen LogP contribution in [0.15, 0.2) is 12.1 Å². The summed E-state index contributed by atoms with van der Waals surface area (Å²) in [5.41, 5.74) is 13.9. The lowest BCUT2D eigenvalue weighted by atomic mass is 10.2. The number of aromatic nitrogens is 2. The monoisotopic (exact) mass is 238 g/mol. The molecule has 4 nitrogen and oxygen atoms in total. The van der Waals surface area contributed by atoms with Crippen LogP contribution in [-0.4, -0.2) is 8.75 Å². The molecule has 4 N–H and O–H groups in total. The van der Waals surface area contributed by atoms with Crippen LogP contribution in [0.2, 0.25) is 0 Å². The Labute approximate surface area is 91.5 Å². The van der Waals surface area contributed by atoms with Crippen molar-refractivity contribution in [2.45, 2.75) is 0 Å². The van der Waals surface area contributed by atoms with Gasteiger partial charge in [-0.25, -0.2) is 0 Å². The van der Waals surface area contributed by atoms with Gasteiger partial charge in [-0.2, -0.15) is 8.75 Å². The van der Waals surface area contributed by atoms with Gasteiger partial charge in [0.15, 0.2) is 0 Å². The quantitative estimate of drug-likeness (QED) is 0.686. The number of nitrogens with zero attached hydrogens (tertiary/aromatic N) is 2. The Morgan fingerprint density at radius 1 is 0.923 bits per heavy atom. The van der Waals surface area contributed by atoms with Crippen LogP contribution < -0.4 is 11.5 Å². The van der Waals surface area contributed by atoms with Crippen LogP contribution in [0, 0.1) is 0 Å². The second-order valence-corrected chi connectivity index (χ2v) is 2.73. The molecule has 0 radical (unpaired) electrons. The predicted octanol–water partition coefficient (Wildman–Crippen LogP) is 1.70. The summed E-state index contributed by atoms with van der Waals surface area (Å²) in [6, 6.07) is 3.47. The maximum Gasteiger partial charge on any atom is 0.129 e. The summed E-state index contributed by atoms with van der Waals surface area (Å²) in [6.07, 6.45) is 0. The summed E-state index contributed by atoms with van der Waals surface area (Å²) < 4.78 is 8.01. The molecular formula is C6H8Cl2N4S. The molecule has 7 heteroatoms. The molecule has 72 valence electrons. The van der Waals surface area contributed by atoms with Gasteiger partial charge in [0.1, 0.15) is 11.0 Å². The van der Waals surface area contributed by atoms with Crippen LogP contribution >= 0.6 is 36.5 Å². The Balaban J connectivity index is 0.000000720. The number of halogens is 2. The van der Waals surface area contributed by atoms with Crippen LogP contribution in [0.1, 0.15) is 0 Å². The Kier molecular flexibility index (Phi) is 4.19. The van der Waals surface area contributed by atoms with Crippen molar-refractivity contribution in [3.05, 3.63) is 12.1 Å². The van der Waals surface area contributed by atoms with Crippen molar-refractivity contribution >= 4 is 59.0 Å². The lowest BCUT2D eigenvalue weighted by molar-refractivity contribution is 1.62. The Morgan fingerprint density at radius 3 is 1.69 bits per heavy atom. The Morgan fingerprint density at radius 2 is 1.31 bits per heavy atom. The lowest BCUT2D eigenvalue weighted by Gasteiger charge is -1.95. The van der Waals surface area contributed by atoms with E-state index in [4.69, 9.17) is 11.5 Å². The summed E-state index contributed by atoms with van der Waals surface area (Å²) in [7, 11) is 0. The molecule has 0 amide bonds. The fourth-order valence-corrected chi connectivity index (χ4v) is 1.49. The SMILES string of the molecule is Cl.Cl.Nc1ccc(N)c2nsnc12. The van der Waals surface area contributed by atoms with E-state index >= 15 is 0 Å². The molecular weight excluding hydrogens is 231 g/mol. The van der Waals surface area contributed by atoms with E-state index in [1.54, 1.807) is 12.1 Å². The Hall–Kier alpha value is -0.780. The number of hydrogen-bond acceptors (Lipinski definition) is 5. The van der Waals surface area contributed by atoms with Gasteiger partial charge in [0.25, 0.3) is 0 Å². The molecule has 0 unspecified atom stereocenters. The molecule has 0 aliphatic carbocycles. The first kappa shape index (κ1) is 12.2. The van der Waals surface area contributed by atoms with Gasteiger partial charge in [0.05, 0.1) is 23.1 Å². The highest BCUT2D eigenvalue weighted by atomic mass is 35.5. The van der Waals surface area contributed by atoms with Crippen molar-refractivity contribution in [1.82, 2.24) is 8.75 Å². The van der Waals surface area contributed by atoms with Crippen molar-refractivity contribution in [2.75, 3.05) is 11.5 Å². The van der Waals surface area contributed by atoms with E-state index in [9.17, 15) is 0 Å². The van der Waals surface area contributed by atoms with Crippen LogP contribution in [-0.2, 0) is 0 Å². The van der Waals surface area contributed by atoms with Gasteiger partial charge in [-0.05, 0) is 12.1 Å². The lowest BCUT2D eigenvalue weighted by Crippen LogP contribution is -1.90. The van der Waals surface area contributed by atoms with E-state index in [2.05, 4.69) is 8.75 Å². The van der Waals surface area contributed by atoms with E-state index < -0.39 is 0 Å². The standard InChI is InChI=1S/C6H6N4S.2ClH/c7-3-1-2-4(8)6-5(3)9-11-10-6;;/h1-2H,7-8H2;2*1H. The van der Waals surface area contributed by atoms with Gasteiger partial charge in [0, 0.05) is 0 Å². The maximum atomic E-state index is 5.62. The van der Waals surface area contributed by atoms with Gasteiger partial charge >= 0.3 is 0 Å². The number of nitrogens with two attached hydrogens (primary N) is 2. The maximum absolute atomic E-state index is 5.62. The average Bonchev–Trinajstić information content (AvgIpc) is 2.45. The number of nitrogen functional groups attached to an aromatic ring is 2. The summed E-state index contributed by atoms with van der Waals surface area (Å²) >= 11 is 1.12. The van der Waals surface area contributed by atoms with Gasteiger partial charge in [-0.3, -0.25) is 0 Å². The molecule has 13 heavy (non-hydrogen) atoms. The summed E-state index contributed by atoms with van der Waals surface area (Å²) in [6.45, 7) is 0. The van der Waals surface area contributed by atoms with E-state index in [-0.39, 0.29) is 24.8 Å². The first-order chi connectivity index (χ1) is 5.29. The molecule has 1 aromatic carbocycles. The molecule has 0 aliphatic rings. The topological polar surface area (TPSA) is 77.8 Å². The number of hydrogen-bond donors (Lipinski definition) is 2. The normalized spacial score (nSPS) is 8.92. The average molecular weight is 239 g/mol. The molecule has 0 aliphatic heterocycles. The summed E-state index contributed by atoms with van der Waals surface area (Å²) in [5.74, 6) is 0. The zero-order valence-corrected chi connectivity index (χ0v) is 8.88. The second-order valence-electron chi connectivity index (χ2n) is 2.21. The first-order valence-corrected chi connectivity index (χ1v) is 3.78. The molecule has 0 saturated carbocycles. The molecule has 1 aromatic heterocycles. The second kappa shape index (κ2) is 4.45. The van der Waals surface area contributed by atoms with Crippen molar-refractivity contribution in [2.24, 2.45) is 0 Å². The minimum atomic E-state index is 0. The zero-order valence-electron chi connectivity index (χ0n) is 6.43. The predicted molar refractivity (Wildman–Crippen MR) is 60.7 cm³/mol. The Bertz CT molecular complexity index is 366. The van der Waals surface area contributed by atoms with Crippen molar-refractivity contribution in [1.29, 1.82) is 0 Å². The van der Waals surface area contributed by atoms with Crippen molar-refractivity contribution < 1.29 is 0 Å².